The van der Waals surface area contributed by atoms with E-state index in [4.69, 9.17) is 14.2 Å². The van der Waals surface area contributed by atoms with E-state index in [9.17, 15) is 9.59 Å². The van der Waals surface area contributed by atoms with Crippen LogP contribution in [0.25, 0.3) is 0 Å². The summed E-state index contributed by atoms with van der Waals surface area (Å²) in [5, 5.41) is 2.91. The highest BCUT2D eigenvalue weighted by Gasteiger charge is 2.36. The van der Waals surface area contributed by atoms with E-state index in [-0.39, 0.29) is 18.6 Å². The Hall–Kier alpha value is -3.22. The van der Waals surface area contributed by atoms with Crippen LogP contribution in [0, 0.1) is 0 Å². The molecule has 0 aliphatic carbocycles. The maximum atomic E-state index is 12.5. The molecule has 0 bridgehead atoms. The lowest BCUT2D eigenvalue weighted by Crippen LogP contribution is -2.43. The van der Waals surface area contributed by atoms with E-state index in [1.165, 1.54) is 0 Å². The molecule has 0 radical (unpaired) electrons. The quantitative estimate of drug-likeness (QED) is 0.801. The molecule has 1 atom stereocenters. The minimum absolute atomic E-state index is 0.0170. The molecule has 1 fully saturated rings. The lowest BCUT2D eigenvalue weighted by Gasteiger charge is -2.33. The first kappa shape index (κ1) is 18.2. The first-order valence-electron chi connectivity index (χ1n) is 9.20. The Balaban J connectivity index is 1.51. The van der Waals surface area contributed by atoms with Gasteiger partial charge in [0.05, 0.1) is 31.2 Å². The number of methoxy groups -OCH3 is 2. The minimum atomic E-state index is -0.467. The maximum absolute atomic E-state index is 12.5. The van der Waals surface area contributed by atoms with Crippen LogP contribution in [0.15, 0.2) is 36.4 Å². The minimum Gasteiger partial charge on any atom is -0.497 e. The van der Waals surface area contributed by atoms with Gasteiger partial charge in [0.1, 0.15) is 24.1 Å². The highest BCUT2D eigenvalue weighted by atomic mass is 16.5. The first-order chi connectivity index (χ1) is 13.6. The van der Waals surface area contributed by atoms with Gasteiger partial charge in [-0.15, -0.1) is 0 Å². The average molecular weight is 382 g/mol. The molecule has 1 amide bonds. The Labute approximate surface area is 163 Å². The number of fused-ring (bicyclic) bond motifs is 3. The van der Waals surface area contributed by atoms with Crippen molar-refractivity contribution in [3.05, 3.63) is 47.5 Å². The topological polar surface area (TPSA) is 77.1 Å². The number of amides is 1. The third-order valence-electron chi connectivity index (χ3n) is 5.20. The fraction of sp³-hybridized carbons (Fsp3) is 0.333. The fourth-order valence-corrected chi connectivity index (χ4v) is 3.78. The molecular weight excluding hydrogens is 360 g/mol. The predicted molar refractivity (Wildman–Crippen MR) is 104 cm³/mol. The van der Waals surface area contributed by atoms with Gasteiger partial charge in [0.25, 0.3) is 0 Å². The van der Waals surface area contributed by atoms with Gasteiger partial charge in [-0.1, -0.05) is 0 Å². The second-order valence-corrected chi connectivity index (χ2v) is 6.83. The van der Waals surface area contributed by atoms with E-state index in [2.05, 4.69) is 10.2 Å². The zero-order chi connectivity index (χ0) is 19.7. The molecule has 7 nitrogen and oxygen atoms in total. The summed E-state index contributed by atoms with van der Waals surface area (Å²) >= 11 is 0. The number of ether oxygens (including phenoxy) is 3. The summed E-state index contributed by atoms with van der Waals surface area (Å²) in [6.07, 6.45) is 1.85. The third kappa shape index (κ3) is 3.24. The molecule has 2 aromatic carbocycles. The highest BCUT2D eigenvalue weighted by molar-refractivity contribution is 6.05. The van der Waals surface area contributed by atoms with E-state index in [0.717, 1.165) is 25.1 Å². The van der Waals surface area contributed by atoms with Gasteiger partial charge in [0.15, 0.2) is 0 Å². The van der Waals surface area contributed by atoms with Crippen LogP contribution in [-0.2, 0) is 16.1 Å². The second kappa shape index (κ2) is 7.42. The summed E-state index contributed by atoms with van der Waals surface area (Å²) in [6, 6.07) is 10.5. The van der Waals surface area contributed by atoms with Crippen LogP contribution in [0.1, 0.15) is 28.8 Å². The number of benzene rings is 2. The largest absolute Gasteiger partial charge is 0.497 e. The van der Waals surface area contributed by atoms with Gasteiger partial charge in [0.2, 0.25) is 5.91 Å². The second-order valence-electron chi connectivity index (χ2n) is 6.83. The molecule has 4 rings (SSSR count). The van der Waals surface area contributed by atoms with Gasteiger partial charge in [0, 0.05) is 12.1 Å². The lowest BCUT2D eigenvalue weighted by molar-refractivity contribution is -0.117. The normalized spacial score (nSPS) is 17.4. The molecule has 0 aromatic heterocycles. The van der Waals surface area contributed by atoms with Crippen LogP contribution in [0.2, 0.25) is 0 Å². The summed E-state index contributed by atoms with van der Waals surface area (Å²) in [6.45, 7) is 0.904. The number of rotatable bonds is 5. The van der Waals surface area contributed by atoms with Gasteiger partial charge in [-0.05, 0) is 49.2 Å². The molecule has 2 heterocycles. The number of carbonyl (C=O) groups is 2. The monoisotopic (exact) mass is 382 g/mol. The molecule has 0 spiro atoms. The molecule has 2 aliphatic rings. The third-order valence-corrected chi connectivity index (χ3v) is 5.20. The van der Waals surface area contributed by atoms with Crippen molar-refractivity contribution in [2.45, 2.75) is 25.5 Å². The summed E-state index contributed by atoms with van der Waals surface area (Å²) in [7, 11) is 3.13. The number of hydrogen-bond donors (Lipinski definition) is 1. The Morgan fingerprint density at radius 3 is 2.82 bits per heavy atom. The van der Waals surface area contributed by atoms with Crippen molar-refractivity contribution in [3.63, 3.8) is 0 Å². The number of nitrogens with zero attached hydrogens (tertiary/aromatic N) is 1. The first-order valence-corrected chi connectivity index (χ1v) is 9.20. The number of nitrogens with one attached hydrogen (secondary N) is 1. The Bertz CT molecular complexity index is 927. The molecular formula is C21H22N2O5. The molecule has 1 saturated heterocycles. The average Bonchev–Trinajstić information content (AvgIpc) is 3.22. The Kier molecular flexibility index (Phi) is 4.81. The molecule has 0 unspecified atom stereocenters. The highest BCUT2D eigenvalue weighted by Crippen LogP contribution is 2.37. The summed E-state index contributed by atoms with van der Waals surface area (Å²) in [5.41, 5.74) is 2.70. The number of hydrogen-bond acceptors (Lipinski definition) is 6. The van der Waals surface area contributed by atoms with Gasteiger partial charge in [-0.3, -0.25) is 4.79 Å². The van der Waals surface area contributed by atoms with Crippen LogP contribution < -0.4 is 19.7 Å². The van der Waals surface area contributed by atoms with Crippen molar-refractivity contribution in [1.82, 2.24) is 0 Å². The number of carbonyl (C=O) groups excluding carboxylic acids is 2. The van der Waals surface area contributed by atoms with E-state index in [1.54, 1.807) is 44.6 Å². The summed E-state index contributed by atoms with van der Waals surface area (Å²) < 4.78 is 16.0. The van der Waals surface area contributed by atoms with Crippen molar-refractivity contribution < 1.29 is 23.8 Å². The van der Waals surface area contributed by atoms with Gasteiger partial charge in [-0.25, -0.2) is 4.79 Å². The van der Waals surface area contributed by atoms with Crippen molar-refractivity contribution in [1.29, 1.82) is 0 Å². The number of esters is 1. The molecule has 1 N–H and O–H groups in total. The molecule has 2 aliphatic heterocycles. The SMILES string of the molecule is COc1ccc(OC)c(COC(=O)c2ccc3c(c2)NC(=O)[C@H]2CCCN32)c1. The van der Waals surface area contributed by atoms with E-state index >= 15 is 0 Å². The number of anilines is 2. The van der Waals surface area contributed by atoms with E-state index in [0.29, 0.717) is 28.3 Å². The van der Waals surface area contributed by atoms with Crippen LogP contribution >= 0.6 is 0 Å². The molecule has 0 saturated carbocycles. The van der Waals surface area contributed by atoms with Crippen LogP contribution in [0.4, 0.5) is 11.4 Å². The molecule has 2 aromatic rings. The standard InChI is InChI=1S/C21H22N2O5/c1-26-15-6-8-19(27-2)14(10-15)12-28-21(25)13-5-7-17-16(11-13)22-20(24)18-4-3-9-23(17)18/h5-8,10-11,18H,3-4,9,12H2,1-2H3,(H,22,24)/t18-/m1/s1. The molecule has 146 valence electrons. The lowest BCUT2D eigenvalue weighted by atomic mass is 10.1. The smallest absolute Gasteiger partial charge is 0.338 e. The van der Waals surface area contributed by atoms with E-state index in [1.807, 2.05) is 6.07 Å². The van der Waals surface area contributed by atoms with Gasteiger partial charge < -0.3 is 24.4 Å². The summed E-state index contributed by atoms with van der Waals surface area (Å²) in [5.74, 6) is 0.789. The molecule has 28 heavy (non-hydrogen) atoms. The molecule has 7 heteroatoms. The maximum Gasteiger partial charge on any atom is 0.338 e. The zero-order valence-electron chi connectivity index (χ0n) is 15.9. The Morgan fingerprint density at radius 1 is 1.18 bits per heavy atom. The van der Waals surface area contributed by atoms with Crippen molar-refractivity contribution in [2.24, 2.45) is 0 Å². The van der Waals surface area contributed by atoms with Crippen LogP contribution in [0.5, 0.6) is 11.5 Å². The van der Waals surface area contributed by atoms with Gasteiger partial charge in [-0.2, -0.15) is 0 Å². The van der Waals surface area contributed by atoms with Crippen molar-refractivity contribution in [2.75, 3.05) is 31.0 Å². The Morgan fingerprint density at radius 2 is 2.04 bits per heavy atom. The van der Waals surface area contributed by atoms with Gasteiger partial charge >= 0.3 is 5.97 Å². The zero-order valence-corrected chi connectivity index (χ0v) is 15.9. The predicted octanol–water partition coefficient (Wildman–Crippen LogP) is 2.98. The summed E-state index contributed by atoms with van der Waals surface area (Å²) in [4.78, 5) is 26.9. The fourth-order valence-electron chi connectivity index (χ4n) is 3.78. The van der Waals surface area contributed by atoms with Crippen molar-refractivity contribution >= 4 is 23.3 Å². The van der Waals surface area contributed by atoms with E-state index < -0.39 is 5.97 Å². The van der Waals surface area contributed by atoms with Crippen LogP contribution in [-0.4, -0.2) is 38.7 Å². The van der Waals surface area contributed by atoms with Crippen molar-refractivity contribution in [3.8, 4) is 11.5 Å². The van der Waals surface area contributed by atoms with Crippen LogP contribution in [0.3, 0.4) is 0 Å².